The van der Waals surface area contributed by atoms with Crippen LogP contribution >= 0.6 is 62.3 Å². The van der Waals surface area contributed by atoms with Gasteiger partial charge in [-0.25, -0.2) is 0 Å². The minimum atomic E-state index is -1.28. The van der Waals surface area contributed by atoms with Crippen LogP contribution in [-0.2, 0) is 4.79 Å². The van der Waals surface area contributed by atoms with Crippen LogP contribution in [0.4, 0.5) is 5.69 Å². The molecule has 2 saturated carbocycles. The van der Waals surface area contributed by atoms with Crippen molar-refractivity contribution in [1.29, 1.82) is 5.26 Å². The summed E-state index contributed by atoms with van der Waals surface area (Å²) in [6.45, 7) is 0. The van der Waals surface area contributed by atoms with E-state index in [4.69, 9.17) is 46.4 Å². The lowest BCUT2D eigenvalue weighted by Gasteiger charge is -2.12. The number of hydrogen-bond donors (Lipinski definition) is 2. The molecule has 2 fully saturated rings. The molecule has 0 unspecified atom stereocenters. The largest absolute Gasteiger partial charge is 0.334 e. The first-order valence-corrected chi connectivity index (χ1v) is 11.6. The van der Waals surface area contributed by atoms with E-state index < -0.39 is 33.5 Å². The molecular formula is C21H14BrCl4N3O2. The first-order valence-electron chi connectivity index (χ1n) is 9.25. The third-order valence-electron chi connectivity index (χ3n) is 5.43. The molecule has 2 amide bonds. The average molecular weight is 562 g/mol. The SMILES string of the molecule is N#CC1(NC(=O)c2cc(NC(=O)[C@H]3[C@H](c4ccc(Br)c(Cl)c4)C3(Cl)Cl)ccc2Cl)CC1. The molecule has 4 rings (SSSR count). The Morgan fingerprint density at radius 2 is 1.81 bits per heavy atom. The summed E-state index contributed by atoms with van der Waals surface area (Å²) in [5, 5.41) is 15.3. The second-order valence-electron chi connectivity index (χ2n) is 7.64. The maximum Gasteiger partial charge on any atom is 0.254 e. The van der Waals surface area contributed by atoms with Crippen molar-refractivity contribution in [3.63, 3.8) is 0 Å². The summed E-state index contributed by atoms with van der Waals surface area (Å²) in [6.07, 6.45) is 1.19. The molecule has 31 heavy (non-hydrogen) atoms. The molecule has 2 atom stereocenters. The van der Waals surface area contributed by atoms with Gasteiger partial charge in [-0.3, -0.25) is 9.59 Å². The topological polar surface area (TPSA) is 82.0 Å². The fraction of sp³-hybridized carbons (Fsp3) is 0.286. The molecule has 0 heterocycles. The van der Waals surface area contributed by atoms with Gasteiger partial charge in [0, 0.05) is 16.1 Å². The van der Waals surface area contributed by atoms with E-state index in [0.29, 0.717) is 23.6 Å². The normalized spacial score (nSPS) is 22.2. The number of carbonyl (C=O) groups is 2. The Morgan fingerprint density at radius 1 is 1.10 bits per heavy atom. The Morgan fingerprint density at radius 3 is 2.42 bits per heavy atom. The van der Waals surface area contributed by atoms with Crippen molar-refractivity contribution >= 4 is 79.8 Å². The van der Waals surface area contributed by atoms with Gasteiger partial charge < -0.3 is 10.6 Å². The van der Waals surface area contributed by atoms with Gasteiger partial charge in [0.05, 0.1) is 27.6 Å². The predicted molar refractivity (Wildman–Crippen MR) is 125 cm³/mol. The van der Waals surface area contributed by atoms with E-state index in [2.05, 4.69) is 32.6 Å². The Kier molecular flexibility index (Phi) is 5.95. The van der Waals surface area contributed by atoms with Crippen molar-refractivity contribution < 1.29 is 9.59 Å². The van der Waals surface area contributed by atoms with Gasteiger partial charge in [-0.15, -0.1) is 23.2 Å². The molecule has 160 valence electrons. The van der Waals surface area contributed by atoms with Crippen LogP contribution in [0.3, 0.4) is 0 Å². The molecule has 2 aromatic carbocycles. The highest BCUT2D eigenvalue weighted by Crippen LogP contribution is 2.65. The number of anilines is 1. The lowest BCUT2D eigenvalue weighted by Crippen LogP contribution is -2.35. The quantitative estimate of drug-likeness (QED) is 0.435. The summed E-state index contributed by atoms with van der Waals surface area (Å²) < 4.78 is -0.551. The van der Waals surface area contributed by atoms with Crippen molar-refractivity contribution in [3.05, 3.63) is 62.0 Å². The fourth-order valence-electron chi connectivity index (χ4n) is 3.44. The zero-order valence-corrected chi connectivity index (χ0v) is 20.3. The summed E-state index contributed by atoms with van der Waals surface area (Å²) >= 11 is 28.4. The average Bonchev–Trinajstić information content (AvgIpc) is 3.60. The van der Waals surface area contributed by atoms with E-state index in [9.17, 15) is 14.9 Å². The molecule has 2 aliphatic carbocycles. The Hall–Kier alpha value is -1.49. The molecule has 0 spiro atoms. The highest BCUT2D eigenvalue weighted by molar-refractivity contribution is 9.10. The minimum absolute atomic E-state index is 0.163. The van der Waals surface area contributed by atoms with Gasteiger partial charge in [-0.05, 0) is 64.7 Å². The van der Waals surface area contributed by atoms with Gasteiger partial charge in [-0.2, -0.15) is 5.26 Å². The maximum atomic E-state index is 12.9. The monoisotopic (exact) mass is 559 g/mol. The lowest BCUT2D eigenvalue weighted by molar-refractivity contribution is -0.117. The Labute approximate surface area is 207 Å². The second-order valence-corrected chi connectivity index (χ2v) is 10.7. The van der Waals surface area contributed by atoms with E-state index in [1.165, 1.54) is 12.1 Å². The smallest absolute Gasteiger partial charge is 0.254 e. The molecule has 0 aliphatic heterocycles. The number of benzene rings is 2. The van der Waals surface area contributed by atoms with Gasteiger partial charge in [0.15, 0.2) is 0 Å². The zero-order valence-electron chi connectivity index (χ0n) is 15.7. The third kappa shape index (κ3) is 4.40. The van der Waals surface area contributed by atoms with Crippen LogP contribution in [0.15, 0.2) is 40.9 Å². The van der Waals surface area contributed by atoms with Crippen molar-refractivity contribution in [2.75, 3.05) is 5.32 Å². The molecule has 2 N–H and O–H groups in total. The van der Waals surface area contributed by atoms with Gasteiger partial charge in [0.2, 0.25) is 5.91 Å². The van der Waals surface area contributed by atoms with E-state index in [-0.39, 0.29) is 10.6 Å². The lowest BCUT2D eigenvalue weighted by atomic mass is 10.1. The van der Waals surface area contributed by atoms with Crippen LogP contribution < -0.4 is 10.6 Å². The van der Waals surface area contributed by atoms with Crippen molar-refractivity contribution in [2.45, 2.75) is 28.6 Å². The number of nitrogens with zero attached hydrogens (tertiary/aromatic N) is 1. The van der Waals surface area contributed by atoms with Crippen molar-refractivity contribution in [1.82, 2.24) is 5.32 Å². The van der Waals surface area contributed by atoms with Crippen molar-refractivity contribution in [2.24, 2.45) is 5.92 Å². The fourth-order valence-corrected chi connectivity index (χ4v) is 4.91. The van der Waals surface area contributed by atoms with E-state index >= 15 is 0 Å². The van der Waals surface area contributed by atoms with Crippen LogP contribution in [-0.4, -0.2) is 21.7 Å². The van der Waals surface area contributed by atoms with Gasteiger partial charge >= 0.3 is 0 Å². The van der Waals surface area contributed by atoms with E-state index in [0.717, 1.165) is 10.0 Å². The number of nitrogens with one attached hydrogen (secondary N) is 2. The highest BCUT2D eigenvalue weighted by atomic mass is 79.9. The van der Waals surface area contributed by atoms with E-state index in [1.807, 2.05) is 0 Å². The number of amides is 2. The highest BCUT2D eigenvalue weighted by Gasteiger charge is 2.67. The molecule has 0 saturated heterocycles. The van der Waals surface area contributed by atoms with Gasteiger partial charge in [0.25, 0.3) is 5.91 Å². The third-order valence-corrected chi connectivity index (χ3v) is 7.94. The zero-order chi connectivity index (χ0) is 22.6. The molecule has 5 nitrogen and oxygen atoms in total. The molecule has 2 aromatic rings. The summed E-state index contributed by atoms with van der Waals surface area (Å²) in [6, 6.07) is 11.9. The van der Waals surface area contributed by atoms with Crippen LogP contribution in [0, 0.1) is 17.2 Å². The summed E-state index contributed by atoms with van der Waals surface area (Å²) in [5.41, 5.74) is 0.450. The van der Waals surface area contributed by atoms with Crippen molar-refractivity contribution in [3.8, 4) is 6.07 Å². The number of carbonyl (C=O) groups excluding carboxylic acids is 2. The molecular weight excluding hydrogens is 548 g/mol. The number of rotatable bonds is 5. The second kappa shape index (κ2) is 8.13. The molecule has 0 radical (unpaired) electrons. The number of nitriles is 1. The summed E-state index contributed by atoms with van der Waals surface area (Å²) in [7, 11) is 0. The summed E-state index contributed by atoms with van der Waals surface area (Å²) in [4.78, 5) is 25.4. The Bertz CT molecular complexity index is 1140. The van der Waals surface area contributed by atoms with Crippen LogP contribution in [0.5, 0.6) is 0 Å². The van der Waals surface area contributed by atoms with Gasteiger partial charge in [0.1, 0.15) is 9.87 Å². The molecule has 10 heteroatoms. The standard InChI is InChI=1S/C21H14BrCl4N3O2/c22-13-3-1-10(7-15(13)24)16-17(21(16,25)26)19(31)28-11-2-4-14(23)12(8-11)18(30)29-20(9-27)5-6-20/h1-4,7-8,16-17H,5-6H2,(H,28,31)(H,29,30)/t16-,17+/m0/s1. The minimum Gasteiger partial charge on any atom is -0.334 e. The van der Waals surface area contributed by atoms with Crippen LogP contribution in [0.1, 0.15) is 34.7 Å². The maximum absolute atomic E-state index is 12.9. The van der Waals surface area contributed by atoms with Crippen LogP contribution in [0.25, 0.3) is 0 Å². The molecule has 2 aliphatic rings. The predicted octanol–water partition coefficient (Wildman–Crippen LogP) is 6.07. The molecule has 0 bridgehead atoms. The Balaban J connectivity index is 1.50. The van der Waals surface area contributed by atoms with Crippen LogP contribution in [0.2, 0.25) is 10.0 Å². The number of alkyl halides is 2. The first kappa shape index (κ1) is 22.7. The number of hydrogen-bond acceptors (Lipinski definition) is 3. The number of halogens is 5. The molecule has 0 aromatic heterocycles. The van der Waals surface area contributed by atoms with Gasteiger partial charge in [-0.1, -0.05) is 29.3 Å². The summed E-state index contributed by atoms with van der Waals surface area (Å²) in [5.74, 6) is -1.99. The first-order chi connectivity index (χ1) is 14.6. The van der Waals surface area contributed by atoms with E-state index in [1.54, 1.807) is 24.3 Å².